The molecular weight excluding hydrogens is 461 g/mol. The number of fused-ring (bicyclic) bond motifs is 1. The standard InChI is InChI=1S/C21H18ClF3N6O2/c22-18-15(7-27)16-10-31(6-3-14(16)19(30-18)28-5-4-26)9-13-1-2-17(29-8-13)33-20(11-32-12-20)21(23,24)25/h1-2,8H,3,5-6,9-12H2,(H,28,30). The number of nitrogens with one attached hydrogen (secondary N) is 1. The molecule has 1 saturated heterocycles. The highest BCUT2D eigenvalue weighted by molar-refractivity contribution is 6.30. The van der Waals surface area contributed by atoms with Gasteiger partial charge in [-0.15, -0.1) is 0 Å². The molecule has 0 amide bonds. The number of rotatable bonds is 6. The molecule has 0 aromatic carbocycles. The van der Waals surface area contributed by atoms with Crippen molar-refractivity contribution in [1.29, 1.82) is 10.5 Å². The molecule has 4 rings (SSSR count). The topological polar surface area (TPSA) is 107 Å². The van der Waals surface area contributed by atoms with E-state index in [2.05, 4.69) is 26.3 Å². The number of anilines is 1. The molecule has 0 spiro atoms. The largest absolute Gasteiger partial charge is 0.456 e. The molecule has 12 heteroatoms. The van der Waals surface area contributed by atoms with Crippen LogP contribution in [0.2, 0.25) is 5.15 Å². The number of halogens is 4. The van der Waals surface area contributed by atoms with Crippen molar-refractivity contribution in [2.75, 3.05) is 31.6 Å². The van der Waals surface area contributed by atoms with Gasteiger partial charge in [0.1, 0.15) is 23.6 Å². The predicted molar refractivity (Wildman–Crippen MR) is 110 cm³/mol. The lowest BCUT2D eigenvalue weighted by Gasteiger charge is -2.41. The number of pyridine rings is 2. The molecule has 1 fully saturated rings. The average Bonchev–Trinajstić information content (AvgIpc) is 2.74. The fourth-order valence-corrected chi connectivity index (χ4v) is 4.01. The van der Waals surface area contributed by atoms with Gasteiger partial charge in [-0.05, 0) is 17.5 Å². The molecule has 0 saturated carbocycles. The first kappa shape index (κ1) is 23.1. The Labute approximate surface area is 192 Å². The molecule has 8 nitrogen and oxygen atoms in total. The lowest BCUT2D eigenvalue weighted by molar-refractivity contribution is -0.323. The monoisotopic (exact) mass is 478 g/mol. The first-order valence-electron chi connectivity index (χ1n) is 9.99. The van der Waals surface area contributed by atoms with E-state index in [1.54, 1.807) is 6.07 Å². The van der Waals surface area contributed by atoms with E-state index in [1.807, 2.05) is 6.07 Å². The minimum atomic E-state index is -4.55. The van der Waals surface area contributed by atoms with Crippen LogP contribution in [0.1, 0.15) is 22.3 Å². The van der Waals surface area contributed by atoms with Crippen LogP contribution in [-0.2, 0) is 24.2 Å². The number of aromatic nitrogens is 2. The van der Waals surface area contributed by atoms with E-state index < -0.39 is 25.0 Å². The van der Waals surface area contributed by atoms with Gasteiger partial charge >= 0.3 is 6.18 Å². The summed E-state index contributed by atoms with van der Waals surface area (Å²) in [5, 5.41) is 21.4. The summed E-state index contributed by atoms with van der Waals surface area (Å²) in [5.74, 6) is 0.373. The minimum Gasteiger partial charge on any atom is -0.456 e. The van der Waals surface area contributed by atoms with Crippen LogP contribution >= 0.6 is 11.6 Å². The first-order valence-corrected chi connectivity index (χ1v) is 10.4. The summed E-state index contributed by atoms with van der Waals surface area (Å²) in [7, 11) is 0. The molecule has 2 aromatic heterocycles. The molecule has 0 unspecified atom stereocenters. The Hall–Kier alpha value is -3.12. The van der Waals surface area contributed by atoms with Gasteiger partial charge in [0.25, 0.3) is 5.60 Å². The van der Waals surface area contributed by atoms with Gasteiger partial charge in [-0.2, -0.15) is 23.7 Å². The van der Waals surface area contributed by atoms with Crippen LogP contribution in [0.15, 0.2) is 18.3 Å². The molecule has 172 valence electrons. The highest BCUT2D eigenvalue weighted by Gasteiger charge is 2.63. The molecule has 1 N–H and O–H groups in total. The lowest BCUT2D eigenvalue weighted by atomic mass is 9.96. The molecule has 0 radical (unpaired) electrons. The second kappa shape index (κ2) is 9.02. The highest BCUT2D eigenvalue weighted by atomic mass is 35.5. The fraction of sp³-hybridized carbons (Fsp3) is 0.429. The zero-order chi connectivity index (χ0) is 23.6. The second-order valence-electron chi connectivity index (χ2n) is 7.76. The Kier molecular flexibility index (Phi) is 6.30. The zero-order valence-electron chi connectivity index (χ0n) is 17.2. The molecule has 0 bridgehead atoms. The number of ether oxygens (including phenoxy) is 2. The van der Waals surface area contributed by atoms with Crippen LogP contribution in [-0.4, -0.2) is 52.9 Å². The van der Waals surface area contributed by atoms with Gasteiger partial charge in [-0.3, -0.25) is 4.90 Å². The van der Waals surface area contributed by atoms with Gasteiger partial charge in [0, 0.05) is 37.5 Å². The van der Waals surface area contributed by atoms with Crippen molar-refractivity contribution in [1.82, 2.24) is 14.9 Å². The van der Waals surface area contributed by atoms with Crippen LogP contribution in [0.4, 0.5) is 19.0 Å². The number of nitrogens with zero attached hydrogens (tertiary/aromatic N) is 5. The smallest absolute Gasteiger partial charge is 0.432 e. The maximum Gasteiger partial charge on any atom is 0.432 e. The van der Waals surface area contributed by atoms with E-state index in [9.17, 15) is 18.4 Å². The van der Waals surface area contributed by atoms with Crippen molar-refractivity contribution >= 4 is 17.4 Å². The van der Waals surface area contributed by atoms with Gasteiger partial charge in [0.15, 0.2) is 0 Å². The summed E-state index contributed by atoms with van der Waals surface area (Å²) in [6.45, 7) is 0.483. The third-order valence-electron chi connectivity index (χ3n) is 5.57. The summed E-state index contributed by atoms with van der Waals surface area (Å²) in [6.07, 6.45) is -2.49. The van der Waals surface area contributed by atoms with Crippen molar-refractivity contribution < 1.29 is 22.6 Å². The summed E-state index contributed by atoms with van der Waals surface area (Å²) >= 11 is 6.18. The summed E-state index contributed by atoms with van der Waals surface area (Å²) in [6, 6.07) is 7.16. The van der Waals surface area contributed by atoms with Crippen molar-refractivity contribution in [3.05, 3.63) is 45.7 Å². The summed E-state index contributed by atoms with van der Waals surface area (Å²) < 4.78 is 49.6. The van der Waals surface area contributed by atoms with Crippen molar-refractivity contribution in [2.24, 2.45) is 0 Å². The highest BCUT2D eigenvalue weighted by Crippen LogP contribution is 2.39. The normalized spacial score (nSPS) is 17.3. The predicted octanol–water partition coefficient (Wildman–Crippen LogP) is 3.21. The van der Waals surface area contributed by atoms with Crippen LogP contribution in [0.25, 0.3) is 0 Å². The van der Waals surface area contributed by atoms with Gasteiger partial charge in [0.2, 0.25) is 5.88 Å². The lowest BCUT2D eigenvalue weighted by Crippen LogP contribution is -2.64. The van der Waals surface area contributed by atoms with E-state index >= 15 is 0 Å². The zero-order valence-corrected chi connectivity index (χ0v) is 18.0. The number of hydrogen-bond acceptors (Lipinski definition) is 8. The maximum absolute atomic E-state index is 13.2. The minimum absolute atomic E-state index is 0.0627. The molecule has 0 atom stereocenters. The fourth-order valence-electron chi connectivity index (χ4n) is 3.77. The maximum atomic E-state index is 13.2. The van der Waals surface area contributed by atoms with Crippen molar-refractivity contribution in [2.45, 2.75) is 31.3 Å². The molecule has 33 heavy (non-hydrogen) atoms. The van der Waals surface area contributed by atoms with Gasteiger partial charge < -0.3 is 14.8 Å². The molecule has 2 aliphatic rings. The summed E-state index contributed by atoms with van der Waals surface area (Å²) in [5.41, 5.74) is 0.314. The Morgan fingerprint density at radius 3 is 2.64 bits per heavy atom. The molecular formula is C21H18ClF3N6O2. The average molecular weight is 479 g/mol. The molecule has 2 aromatic rings. The van der Waals surface area contributed by atoms with E-state index in [-0.39, 0.29) is 17.6 Å². The van der Waals surface area contributed by atoms with E-state index in [0.29, 0.717) is 37.4 Å². The van der Waals surface area contributed by atoms with Crippen LogP contribution < -0.4 is 10.1 Å². The Morgan fingerprint density at radius 2 is 2.06 bits per heavy atom. The van der Waals surface area contributed by atoms with Gasteiger partial charge in [0.05, 0.1) is 24.8 Å². The van der Waals surface area contributed by atoms with Crippen LogP contribution in [0, 0.1) is 22.7 Å². The van der Waals surface area contributed by atoms with Crippen molar-refractivity contribution in [3.63, 3.8) is 0 Å². The molecule has 2 aliphatic heterocycles. The van der Waals surface area contributed by atoms with E-state index in [4.69, 9.17) is 26.3 Å². The van der Waals surface area contributed by atoms with Gasteiger partial charge in [-0.1, -0.05) is 17.7 Å². The van der Waals surface area contributed by atoms with Crippen molar-refractivity contribution in [3.8, 4) is 18.0 Å². The Balaban J connectivity index is 1.47. The third-order valence-corrected chi connectivity index (χ3v) is 5.84. The van der Waals surface area contributed by atoms with Crippen LogP contribution in [0.3, 0.4) is 0 Å². The quantitative estimate of drug-likeness (QED) is 0.498. The number of alkyl halides is 3. The van der Waals surface area contributed by atoms with Crippen LogP contribution in [0.5, 0.6) is 5.88 Å². The SMILES string of the molecule is N#CCNc1nc(Cl)c(C#N)c2c1CCN(Cc1ccc(OC3(C(F)(F)F)COC3)nc1)C2. The van der Waals surface area contributed by atoms with E-state index in [1.165, 1.54) is 12.3 Å². The molecule has 0 aliphatic carbocycles. The van der Waals surface area contributed by atoms with Gasteiger partial charge in [-0.25, -0.2) is 9.97 Å². The Morgan fingerprint density at radius 1 is 1.27 bits per heavy atom. The number of nitriles is 2. The second-order valence-corrected chi connectivity index (χ2v) is 8.12. The van der Waals surface area contributed by atoms with E-state index in [0.717, 1.165) is 16.7 Å². The Bertz CT molecular complexity index is 1120. The summed E-state index contributed by atoms with van der Waals surface area (Å²) in [4.78, 5) is 10.3. The third kappa shape index (κ3) is 4.53. The first-order chi connectivity index (χ1) is 15.8. The molecule has 4 heterocycles. The number of hydrogen-bond donors (Lipinski definition) is 1.